The molecule has 0 fully saturated rings. The summed E-state index contributed by atoms with van der Waals surface area (Å²) in [5.41, 5.74) is 0. The molecule has 2 aliphatic heterocycles. The van der Waals surface area contributed by atoms with Gasteiger partial charge in [-0.1, -0.05) is 0 Å². The van der Waals surface area contributed by atoms with E-state index < -0.39 is 0 Å². The van der Waals surface area contributed by atoms with Crippen LogP contribution in [-0.4, -0.2) is 34.8 Å². The first-order chi connectivity index (χ1) is 5.81. The number of fused-ring (bicyclic) bond motifs is 1. The molecule has 0 aromatic heterocycles. The molecule has 0 radical (unpaired) electrons. The second-order valence-electron chi connectivity index (χ2n) is 2.51. The van der Waals surface area contributed by atoms with E-state index >= 15 is 0 Å². The Morgan fingerprint density at radius 1 is 1.75 bits per heavy atom. The standard InChI is InChI=1S/C6H11N5O/c1-2-12-11-4-8-6-3-9(7)5-10(6)11/h3-4H,2,5,7H2,1H3. The highest BCUT2D eigenvalue weighted by molar-refractivity contribution is 5.58. The Kier molecular flexibility index (Phi) is 1.63. The molecule has 0 spiro atoms. The van der Waals surface area contributed by atoms with Crippen molar-refractivity contribution in [3.05, 3.63) is 12.0 Å². The molecule has 0 bridgehead atoms. The van der Waals surface area contributed by atoms with E-state index in [2.05, 4.69) is 4.99 Å². The number of nitrogens with zero attached hydrogens (tertiary/aromatic N) is 4. The van der Waals surface area contributed by atoms with Gasteiger partial charge in [0.25, 0.3) is 0 Å². The average molecular weight is 169 g/mol. The molecule has 2 N–H and O–H groups in total. The van der Waals surface area contributed by atoms with Gasteiger partial charge in [-0.2, -0.15) is 0 Å². The maximum Gasteiger partial charge on any atom is 0.170 e. The highest BCUT2D eigenvalue weighted by Gasteiger charge is 2.28. The molecule has 0 unspecified atom stereocenters. The van der Waals surface area contributed by atoms with Crippen molar-refractivity contribution in [2.45, 2.75) is 6.92 Å². The number of hydrogen-bond donors (Lipinski definition) is 1. The number of rotatable bonds is 2. The quantitative estimate of drug-likeness (QED) is 0.562. The molecule has 0 aliphatic carbocycles. The number of hydrogen-bond acceptors (Lipinski definition) is 6. The summed E-state index contributed by atoms with van der Waals surface area (Å²) in [6.45, 7) is 3.11. The molecule has 6 heteroatoms. The third-order valence-electron chi connectivity index (χ3n) is 1.63. The lowest BCUT2D eigenvalue weighted by Gasteiger charge is -2.25. The van der Waals surface area contributed by atoms with E-state index in [1.165, 1.54) is 0 Å². The molecule has 0 atom stereocenters. The zero-order chi connectivity index (χ0) is 8.55. The van der Waals surface area contributed by atoms with E-state index in [0.29, 0.717) is 13.3 Å². The van der Waals surface area contributed by atoms with Crippen molar-refractivity contribution in [3.63, 3.8) is 0 Å². The molecule has 0 aromatic rings. The molecule has 66 valence electrons. The van der Waals surface area contributed by atoms with E-state index in [4.69, 9.17) is 10.7 Å². The average Bonchev–Trinajstić information content (AvgIpc) is 2.52. The van der Waals surface area contributed by atoms with Gasteiger partial charge in [-0.15, -0.1) is 5.17 Å². The van der Waals surface area contributed by atoms with Gasteiger partial charge >= 0.3 is 0 Å². The minimum atomic E-state index is 0.579. The first kappa shape index (κ1) is 7.38. The van der Waals surface area contributed by atoms with Crippen molar-refractivity contribution in [2.75, 3.05) is 13.3 Å². The summed E-state index contributed by atoms with van der Waals surface area (Å²) in [4.78, 5) is 9.34. The minimum absolute atomic E-state index is 0.579. The number of aliphatic imine (C=N–C) groups is 1. The maximum atomic E-state index is 5.54. The van der Waals surface area contributed by atoms with Crippen LogP contribution in [0.3, 0.4) is 0 Å². The summed E-state index contributed by atoms with van der Waals surface area (Å²) in [6, 6.07) is 0. The molecule has 0 aromatic carbocycles. The van der Waals surface area contributed by atoms with E-state index in [-0.39, 0.29) is 0 Å². The molecular formula is C6H11N5O. The fourth-order valence-electron chi connectivity index (χ4n) is 1.15. The predicted octanol–water partition coefficient (Wildman–Crippen LogP) is -0.555. The van der Waals surface area contributed by atoms with Crippen LogP contribution in [0.15, 0.2) is 17.0 Å². The van der Waals surface area contributed by atoms with Crippen molar-refractivity contribution < 1.29 is 4.84 Å². The molecule has 0 saturated heterocycles. The molecule has 0 amide bonds. The van der Waals surface area contributed by atoms with Gasteiger partial charge in [0.05, 0.1) is 12.8 Å². The van der Waals surface area contributed by atoms with E-state index in [1.807, 2.05) is 11.9 Å². The Morgan fingerprint density at radius 2 is 2.58 bits per heavy atom. The minimum Gasteiger partial charge on any atom is -0.293 e. The molecule has 6 nitrogen and oxygen atoms in total. The van der Waals surface area contributed by atoms with Crippen LogP contribution in [0.2, 0.25) is 0 Å². The number of hydroxylamine groups is 1. The van der Waals surface area contributed by atoms with Crippen molar-refractivity contribution in [3.8, 4) is 0 Å². The fraction of sp³-hybridized carbons (Fsp3) is 0.500. The highest BCUT2D eigenvalue weighted by Crippen LogP contribution is 2.20. The van der Waals surface area contributed by atoms with Gasteiger partial charge in [-0.05, 0) is 6.92 Å². The number of hydrazine groups is 2. The van der Waals surface area contributed by atoms with E-state index in [9.17, 15) is 0 Å². The number of nitrogens with two attached hydrogens (primary N) is 1. The van der Waals surface area contributed by atoms with Crippen LogP contribution >= 0.6 is 0 Å². The predicted molar refractivity (Wildman–Crippen MR) is 42.8 cm³/mol. The van der Waals surface area contributed by atoms with Crippen LogP contribution in [0.1, 0.15) is 6.92 Å². The lowest BCUT2D eigenvalue weighted by molar-refractivity contribution is -0.204. The third-order valence-corrected chi connectivity index (χ3v) is 1.63. The van der Waals surface area contributed by atoms with Crippen molar-refractivity contribution in [1.82, 2.24) is 15.2 Å². The smallest absolute Gasteiger partial charge is 0.170 e. The lowest BCUT2D eigenvalue weighted by atomic mass is 10.8. The van der Waals surface area contributed by atoms with Gasteiger partial charge in [-0.25, -0.2) is 15.8 Å². The van der Waals surface area contributed by atoms with Gasteiger partial charge in [0.15, 0.2) is 5.82 Å². The maximum absolute atomic E-state index is 5.54. The summed E-state index contributed by atoms with van der Waals surface area (Å²) in [5, 5.41) is 4.97. The van der Waals surface area contributed by atoms with Crippen LogP contribution in [0, 0.1) is 0 Å². The van der Waals surface area contributed by atoms with Crippen LogP contribution in [0.5, 0.6) is 0 Å². The molecule has 2 rings (SSSR count). The Morgan fingerprint density at radius 3 is 3.33 bits per heavy atom. The summed E-state index contributed by atoms with van der Waals surface area (Å²) in [6.07, 6.45) is 3.39. The zero-order valence-electron chi connectivity index (χ0n) is 6.84. The van der Waals surface area contributed by atoms with Crippen LogP contribution < -0.4 is 5.84 Å². The zero-order valence-corrected chi connectivity index (χ0v) is 6.84. The van der Waals surface area contributed by atoms with E-state index in [0.717, 1.165) is 5.82 Å². The van der Waals surface area contributed by atoms with E-state index in [1.54, 1.807) is 22.7 Å². The first-order valence-corrected chi connectivity index (χ1v) is 3.78. The molecule has 2 heterocycles. The second-order valence-corrected chi connectivity index (χ2v) is 2.51. The Bertz CT molecular complexity index is 238. The van der Waals surface area contributed by atoms with Gasteiger partial charge in [0.1, 0.15) is 13.0 Å². The van der Waals surface area contributed by atoms with Crippen LogP contribution in [0.4, 0.5) is 0 Å². The van der Waals surface area contributed by atoms with Gasteiger partial charge in [0, 0.05) is 0 Å². The largest absolute Gasteiger partial charge is 0.293 e. The van der Waals surface area contributed by atoms with Crippen molar-refractivity contribution in [1.29, 1.82) is 0 Å². The van der Waals surface area contributed by atoms with Gasteiger partial charge in [0.2, 0.25) is 0 Å². The summed E-state index contributed by atoms with van der Waals surface area (Å²) < 4.78 is 0. The lowest BCUT2D eigenvalue weighted by Crippen LogP contribution is -2.40. The molecule has 12 heavy (non-hydrogen) atoms. The normalized spacial score (nSPS) is 20.5. The second kappa shape index (κ2) is 2.65. The Hall–Kier alpha value is -1.27. The monoisotopic (exact) mass is 169 g/mol. The Balaban J connectivity index is 2.07. The van der Waals surface area contributed by atoms with Crippen LogP contribution in [0.25, 0.3) is 0 Å². The van der Waals surface area contributed by atoms with Crippen molar-refractivity contribution in [2.24, 2.45) is 10.8 Å². The van der Waals surface area contributed by atoms with Crippen molar-refractivity contribution >= 4 is 6.34 Å². The van der Waals surface area contributed by atoms with Gasteiger partial charge < -0.3 is 0 Å². The Labute approximate surface area is 70.4 Å². The third kappa shape index (κ3) is 1.01. The first-order valence-electron chi connectivity index (χ1n) is 3.78. The topological polar surface area (TPSA) is 57.3 Å². The van der Waals surface area contributed by atoms with Gasteiger partial charge in [-0.3, -0.25) is 9.85 Å². The highest BCUT2D eigenvalue weighted by atomic mass is 16.7. The summed E-state index contributed by atoms with van der Waals surface area (Å²) in [7, 11) is 0. The molecule has 0 saturated carbocycles. The van der Waals surface area contributed by atoms with Crippen LogP contribution in [-0.2, 0) is 4.84 Å². The molecular weight excluding hydrogens is 158 g/mol. The molecule has 2 aliphatic rings. The SMILES string of the molecule is CCON1C=NC2=CN(N)CN21. The summed E-state index contributed by atoms with van der Waals surface area (Å²) >= 11 is 0. The summed E-state index contributed by atoms with van der Waals surface area (Å²) in [5.74, 6) is 6.35. The fourth-order valence-corrected chi connectivity index (χ4v) is 1.15.